The van der Waals surface area contributed by atoms with Crippen molar-refractivity contribution < 1.29 is 4.79 Å². The summed E-state index contributed by atoms with van der Waals surface area (Å²) in [6.45, 7) is 0. The molecule has 4 aromatic carbocycles. The summed E-state index contributed by atoms with van der Waals surface area (Å²) in [5.41, 5.74) is 1.80. The van der Waals surface area contributed by atoms with Gasteiger partial charge >= 0.3 is 0 Å². The largest absolute Gasteiger partial charge is 0.351 e. The average Bonchev–Trinajstić information content (AvgIpc) is 3.23. The van der Waals surface area contributed by atoms with E-state index in [4.69, 9.17) is 0 Å². The number of carbonyl (C=O) groups excluding carboxylic acids is 1. The molecule has 0 bridgehead atoms. The van der Waals surface area contributed by atoms with E-state index in [0.717, 1.165) is 27.6 Å². The van der Waals surface area contributed by atoms with Crippen molar-refractivity contribution in [1.29, 1.82) is 10.5 Å². The normalized spacial score (nSPS) is 21.5. The Morgan fingerprint density at radius 1 is 0.800 bits per heavy atom. The summed E-state index contributed by atoms with van der Waals surface area (Å²) >= 11 is 0. The predicted molar refractivity (Wildman–Crippen MR) is 137 cm³/mol. The van der Waals surface area contributed by atoms with E-state index in [0.29, 0.717) is 5.56 Å². The average molecular weight is 452 g/mol. The molecule has 2 aliphatic rings. The molecule has 4 heteroatoms. The predicted octanol–water partition coefficient (Wildman–Crippen LogP) is 6.12. The first-order valence-electron chi connectivity index (χ1n) is 11.6. The minimum absolute atomic E-state index is 0.0917. The maximum Gasteiger partial charge on any atom is 0.185 e. The molecule has 3 atom stereocenters. The molecule has 0 radical (unpaired) electrons. The number of hydrogen-bond acceptors (Lipinski definition) is 4. The number of ketones is 1. The van der Waals surface area contributed by atoms with Crippen LogP contribution in [0.2, 0.25) is 0 Å². The zero-order chi connectivity index (χ0) is 24.0. The lowest BCUT2D eigenvalue weighted by Gasteiger charge is -2.35. The summed E-state index contributed by atoms with van der Waals surface area (Å²) in [6, 6.07) is 34.5. The highest BCUT2D eigenvalue weighted by molar-refractivity contribution is 6.05. The topological polar surface area (TPSA) is 67.9 Å². The molecule has 0 amide bonds. The van der Waals surface area contributed by atoms with Crippen LogP contribution in [-0.4, -0.2) is 17.9 Å². The third kappa shape index (κ3) is 2.94. The van der Waals surface area contributed by atoms with Gasteiger partial charge in [0.1, 0.15) is 6.04 Å². The van der Waals surface area contributed by atoms with E-state index < -0.39 is 23.4 Å². The molecule has 0 saturated carbocycles. The van der Waals surface area contributed by atoms with Crippen molar-refractivity contribution >= 4 is 28.3 Å². The van der Waals surface area contributed by atoms with Crippen LogP contribution in [0.1, 0.15) is 27.4 Å². The van der Waals surface area contributed by atoms with Gasteiger partial charge in [0, 0.05) is 17.2 Å². The lowest BCUT2D eigenvalue weighted by molar-refractivity contribution is 0.0951. The van der Waals surface area contributed by atoms with Gasteiger partial charge in [0.05, 0.1) is 18.2 Å². The van der Waals surface area contributed by atoms with Crippen molar-refractivity contribution in [2.24, 2.45) is 5.41 Å². The number of para-hydroxylation sites is 1. The molecule has 166 valence electrons. The van der Waals surface area contributed by atoms with Gasteiger partial charge in [-0.3, -0.25) is 4.79 Å². The molecule has 2 aliphatic heterocycles. The van der Waals surface area contributed by atoms with Crippen molar-refractivity contribution in [3.8, 4) is 12.1 Å². The lowest BCUT2D eigenvalue weighted by atomic mass is 9.68. The Hall–Kier alpha value is -4.67. The van der Waals surface area contributed by atoms with Gasteiger partial charge in [-0.25, -0.2) is 0 Å². The van der Waals surface area contributed by atoms with Gasteiger partial charge in [-0.2, -0.15) is 10.5 Å². The van der Waals surface area contributed by atoms with E-state index in [1.165, 1.54) is 0 Å². The van der Waals surface area contributed by atoms with E-state index in [1.807, 2.05) is 114 Å². The van der Waals surface area contributed by atoms with Gasteiger partial charge in [-0.15, -0.1) is 0 Å². The first-order chi connectivity index (χ1) is 17.2. The van der Waals surface area contributed by atoms with Crippen LogP contribution in [0, 0.1) is 28.1 Å². The molecule has 35 heavy (non-hydrogen) atoms. The zero-order valence-electron chi connectivity index (χ0n) is 18.9. The summed E-state index contributed by atoms with van der Waals surface area (Å²) in [6.07, 6.45) is 3.89. The molecule has 0 unspecified atom stereocenters. The second-order valence-electron chi connectivity index (χ2n) is 9.08. The number of anilines is 1. The van der Waals surface area contributed by atoms with Gasteiger partial charge in [-0.1, -0.05) is 103 Å². The second-order valence-corrected chi connectivity index (χ2v) is 9.08. The van der Waals surface area contributed by atoms with Crippen LogP contribution >= 0.6 is 0 Å². The Bertz CT molecular complexity index is 1560. The fourth-order valence-corrected chi connectivity index (χ4v) is 5.87. The molecular formula is C31H21N3O. The van der Waals surface area contributed by atoms with Gasteiger partial charge < -0.3 is 4.90 Å². The Morgan fingerprint density at radius 3 is 2.29 bits per heavy atom. The summed E-state index contributed by atoms with van der Waals surface area (Å²) < 4.78 is 0. The second kappa shape index (κ2) is 7.97. The molecule has 6 rings (SSSR count). The van der Waals surface area contributed by atoms with Crippen molar-refractivity contribution in [1.82, 2.24) is 0 Å². The van der Waals surface area contributed by atoms with E-state index in [1.54, 1.807) is 0 Å². The molecule has 0 aliphatic carbocycles. The summed E-state index contributed by atoms with van der Waals surface area (Å²) in [7, 11) is 0. The number of rotatable bonds is 3. The van der Waals surface area contributed by atoms with Crippen LogP contribution in [0.25, 0.3) is 16.8 Å². The molecule has 4 nitrogen and oxygen atoms in total. The smallest absolute Gasteiger partial charge is 0.185 e. The maximum atomic E-state index is 14.3. The maximum absolute atomic E-state index is 14.3. The van der Waals surface area contributed by atoms with Crippen molar-refractivity contribution in [3.63, 3.8) is 0 Å². The third-order valence-corrected chi connectivity index (χ3v) is 7.40. The van der Waals surface area contributed by atoms with Gasteiger partial charge in [0.15, 0.2) is 11.2 Å². The number of hydrogen-bond donors (Lipinski definition) is 0. The minimum atomic E-state index is -1.46. The molecule has 0 aromatic heterocycles. The standard InChI is InChI=1S/C31H21N3O/c32-19-31(20-33)27-18-17-22-10-5-7-16-26(22)34(27)29(30(35)23-11-2-1-3-12-23)28(31)25-15-8-13-21-9-4-6-14-24(21)25/h1-18,27-29H/t27-,28+,29-/m0/s1. The fraction of sp³-hybridized carbons (Fsp3) is 0.129. The number of Topliss-reactive ketones (excluding diaryl/α,β-unsaturated/α-hetero) is 1. The number of nitriles is 2. The van der Waals surface area contributed by atoms with Gasteiger partial charge in [-0.05, 0) is 28.0 Å². The Balaban J connectivity index is 1.68. The van der Waals surface area contributed by atoms with Gasteiger partial charge in [0.25, 0.3) is 0 Å². The Morgan fingerprint density at radius 2 is 1.49 bits per heavy atom. The first kappa shape index (κ1) is 20.9. The van der Waals surface area contributed by atoms with Crippen LogP contribution in [0.15, 0.2) is 103 Å². The van der Waals surface area contributed by atoms with E-state index in [-0.39, 0.29) is 5.78 Å². The minimum Gasteiger partial charge on any atom is -0.351 e. The highest BCUT2D eigenvalue weighted by Crippen LogP contribution is 2.56. The number of nitrogens with zero attached hydrogens (tertiary/aromatic N) is 3. The number of benzene rings is 4. The molecule has 0 spiro atoms. The van der Waals surface area contributed by atoms with Crippen LogP contribution in [0.3, 0.4) is 0 Å². The third-order valence-electron chi connectivity index (χ3n) is 7.40. The van der Waals surface area contributed by atoms with Gasteiger partial charge in [0.2, 0.25) is 0 Å². The van der Waals surface area contributed by atoms with Crippen LogP contribution in [-0.2, 0) is 0 Å². The van der Waals surface area contributed by atoms with Crippen LogP contribution in [0.5, 0.6) is 0 Å². The highest BCUT2D eigenvalue weighted by Gasteiger charge is 2.63. The number of fused-ring (bicyclic) bond motifs is 4. The highest BCUT2D eigenvalue weighted by atomic mass is 16.1. The van der Waals surface area contributed by atoms with E-state index >= 15 is 0 Å². The summed E-state index contributed by atoms with van der Waals surface area (Å²) in [5, 5.41) is 23.2. The van der Waals surface area contributed by atoms with Crippen molar-refractivity contribution in [2.45, 2.75) is 18.0 Å². The Kier molecular flexibility index (Phi) is 4.76. The molecule has 1 fully saturated rings. The summed E-state index contributed by atoms with van der Waals surface area (Å²) in [4.78, 5) is 16.3. The zero-order valence-corrected chi connectivity index (χ0v) is 18.9. The van der Waals surface area contributed by atoms with E-state index in [2.05, 4.69) is 12.1 Å². The van der Waals surface area contributed by atoms with Crippen LogP contribution in [0.4, 0.5) is 5.69 Å². The molecule has 4 aromatic rings. The molecule has 1 saturated heterocycles. The quantitative estimate of drug-likeness (QED) is 0.352. The molecular weight excluding hydrogens is 430 g/mol. The van der Waals surface area contributed by atoms with E-state index in [9.17, 15) is 15.3 Å². The SMILES string of the molecule is N#CC1(C#N)[C@H](c2cccc3ccccc23)[C@@H](C(=O)c2ccccc2)N2c3ccccc3C=C[C@H]21. The summed E-state index contributed by atoms with van der Waals surface area (Å²) in [5.74, 6) is -0.747. The lowest BCUT2D eigenvalue weighted by Crippen LogP contribution is -2.44. The van der Waals surface area contributed by atoms with Crippen LogP contribution < -0.4 is 4.90 Å². The van der Waals surface area contributed by atoms with Crippen molar-refractivity contribution in [3.05, 3.63) is 120 Å². The number of carbonyl (C=O) groups is 1. The fourth-order valence-electron chi connectivity index (χ4n) is 5.87. The monoisotopic (exact) mass is 451 g/mol. The Labute approximate surface area is 204 Å². The molecule has 0 N–H and O–H groups in total. The first-order valence-corrected chi connectivity index (χ1v) is 11.6. The van der Waals surface area contributed by atoms with Crippen molar-refractivity contribution in [2.75, 3.05) is 4.90 Å². The molecule has 2 heterocycles.